The molecule has 0 aliphatic heterocycles. The van der Waals surface area contributed by atoms with Gasteiger partial charge in [0.1, 0.15) is 11.5 Å². The molecule has 0 unspecified atom stereocenters. The van der Waals surface area contributed by atoms with E-state index in [4.69, 9.17) is 32.4 Å². The summed E-state index contributed by atoms with van der Waals surface area (Å²) in [6.45, 7) is 0.728. The fourth-order valence-electron chi connectivity index (χ4n) is 2.63. The molecule has 0 saturated carbocycles. The van der Waals surface area contributed by atoms with Crippen LogP contribution in [0, 0.1) is 0 Å². The fourth-order valence-corrected chi connectivity index (χ4v) is 3.10. The molecule has 1 amide bonds. The number of furan rings is 1. The van der Waals surface area contributed by atoms with E-state index in [-0.39, 0.29) is 5.91 Å². The van der Waals surface area contributed by atoms with Crippen molar-refractivity contribution < 1.29 is 13.9 Å². The van der Waals surface area contributed by atoms with Crippen molar-refractivity contribution in [2.75, 3.05) is 7.11 Å². The SMILES string of the molecule is COc1ccc(C(=O)N(Cc2cccc(Cl)c2)Cc2ccco2)cc1Cl. The minimum atomic E-state index is -0.161. The van der Waals surface area contributed by atoms with Crippen LogP contribution in [0.1, 0.15) is 21.7 Å². The Morgan fingerprint density at radius 2 is 1.92 bits per heavy atom. The third kappa shape index (κ3) is 4.40. The smallest absolute Gasteiger partial charge is 0.254 e. The predicted molar refractivity (Wildman–Crippen MR) is 102 cm³/mol. The molecule has 0 atom stereocenters. The van der Waals surface area contributed by atoms with Crippen molar-refractivity contribution in [2.24, 2.45) is 0 Å². The Labute approximate surface area is 161 Å². The molecular weight excluding hydrogens is 373 g/mol. The highest BCUT2D eigenvalue weighted by Gasteiger charge is 2.19. The summed E-state index contributed by atoms with van der Waals surface area (Å²) in [7, 11) is 1.53. The van der Waals surface area contributed by atoms with Crippen LogP contribution < -0.4 is 4.74 Å². The Kier molecular flexibility index (Phi) is 5.86. The Bertz CT molecular complexity index is 894. The third-order valence-electron chi connectivity index (χ3n) is 3.88. The number of halogens is 2. The van der Waals surface area contributed by atoms with Crippen molar-refractivity contribution in [3.63, 3.8) is 0 Å². The van der Waals surface area contributed by atoms with E-state index in [2.05, 4.69) is 0 Å². The van der Waals surface area contributed by atoms with Gasteiger partial charge in [-0.05, 0) is 48.0 Å². The summed E-state index contributed by atoms with van der Waals surface area (Å²) in [5, 5.41) is 1.01. The van der Waals surface area contributed by atoms with Gasteiger partial charge in [0.25, 0.3) is 5.91 Å². The van der Waals surface area contributed by atoms with Gasteiger partial charge in [-0.3, -0.25) is 4.79 Å². The van der Waals surface area contributed by atoms with E-state index in [0.29, 0.717) is 40.2 Å². The quantitative estimate of drug-likeness (QED) is 0.563. The van der Waals surface area contributed by atoms with Crippen LogP contribution in [0.2, 0.25) is 10.0 Å². The van der Waals surface area contributed by atoms with E-state index >= 15 is 0 Å². The molecule has 0 N–H and O–H groups in total. The number of benzene rings is 2. The first-order valence-corrected chi connectivity index (χ1v) is 8.72. The molecule has 3 rings (SSSR count). The van der Waals surface area contributed by atoms with E-state index < -0.39 is 0 Å². The second-order valence-electron chi connectivity index (χ2n) is 5.72. The molecule has 0 fully saturated rings. The molecule has 134 valence electrons. The lowest BCUT2D eigenvalue weighted by molar-refractivity contribution is 0.0717. The van der Waals surface area contributed by atoms with Crippen molar-refractivity contribution in [3.8, 4) is 5.75 Å². The van der Waals surface area contributed by atoms with Crippen molar-refractivity contribution in [2.45, 2.75) is 13.1 Å². The maximum atomic E-state index is 13.1. The van der Waals surface area contributed by atoms with Crippen LogP contribution in [0.4, 0.5) is 0 Å². The van der Waals surface area contributed by atoms with Crippen LogP contribution in [0.15, 0.2) is 65.3 Å². The maximum Gasteiger partial charge on any atom is 0.254 e. The lowest BCUT2D eigenvalue weighted by Crippen LogP contribution is -2.30. The molecule has 26 heavy (non-hydrogen) atoms. The van der Waals surface area contributed by atoms with Crippen LogP contribution >= 0.6 is 23.2 Å². The topological polar surface area (TPSA) is 42.7 Å². The summed E-state index contributed by atoms with van der Waals surface area (Å²) < 4.78 is 10.6. The average Bonchev–Trinajstić information content (AvgIpc) is 3.13. The molecule has 4 nitrogen and oxygen atoms in total. The van der Waals surface area contributed by atoms with Crippen LogP contribution in [0.5, 0.6) is 5.75 Å². The van der Waals surface area contributed by atoms with Crippen molar-refractivity contribution in [3.05, 3.63) is 87.8 Å². The number of nitrogens with zero attached hydrogens (tertiary/aromatic N) is 1. The van der Waals surface area contributed by atoms with E-state index in [1.54, 1.807) is 41.5 Å². The zero-order valence-corrected chi connectivity index (χ0v) is 15.6. The molecule has 0 spiro atoms. The summed E-state index contributed by atoms with van der Waals surface area (Å²) in [6, 6.07) is 16.0. The molecular formula is C20H17Cl2NO3. The van der Waals surface area contributed by atoms with Gasteiger partial charge in [0.15, 0.2) is 0 Å². The molecule has 0 radical (unpaired) electrons. The first-order valence-electron chi connectivity index (χ1n) is 7.96. The highest BCUT2D eigenvalue weighted by Crippen LogP contribution is 2.26. The van der Waals surface area contributed by atoms with Gasteiger partial charge in [-0.2, -0.15) is 0 Å². The van der Waals surface area contributed by atoms with Gasteiger partial charge in [0.2, 0.25) is 0 Å². The average molecular weight is 390 g/mol. The van der Waals surface area contributed by atoms with Crippen LogP contribution in [-0.4, -0.2) is 17.9 Å². The van der Waals surface area contributed by atoms with E-state index in [9.17, 15) is 4.79 Å². The number of ether oxygens (including phenoxy) is 1. The van der Waals surface area contributed by atoms with E-state index in [1.807, 2.05) is 24.3 Å². The minimum absolute atomic E-state index is 0.161. The molecule has 6 heteroatoms. The Hall–Kier alpha value is -2.43. The van der Waals surface area contributed by atoms with Gasteiger partial charge >= 0.3 is 0 Å². The highest BCUT2D eigenvalue weighted by molar-refractivity contribution is 6.32. The second-order valence-corrected chi connectivity index (χ2v) is 6.56. The molecule has 0 saturated heterocycles. The molecule has 1 aromatic heterocycles. The first-order chi connectivity index (χ1) is 12.6. The van der Waals surface area contributed by atoms with Gasteiger partial charge in [-0.1, -0.05) is 35.3 Å². The Morgan fingerprint density at radius 1 is 1.08 bits per heavy atom. The molecule has 0 aliphatic carbocycles. The monoisotopic (exact) mass is 389 g/mol. The van der Waals surface area contributed by atoms with E-state index in [0.717, 1.165) is 5.56 Å². The Balaban J connectivity index is 1.88. The number of amides is 1. The molecule has 1 heterocycles. The predicted octanol–water partition coefficient (Wildman–Crippen LogP) is 5.44. The summed E-state index contributed by atoms with van der Waals surface area (Å²) in [4.78, 5) is 14.7. The highest BCUT2D eigenvalue weighted by atomic mass is 35.5. The zero-order chi connectivity index (χ0) is 18.5. The van der Waals surface area contributed by atoms with Gasteiger partial charge in [-0.25, -0.2) is 0 Å². The Morgan fingerprint density at radius 3 is 2.58 bits per heavy atom. The van der Waals surface area contributed by atoms with Gasteiger partial charge in [-0.15, -0.1) is 0 Å². The number of hydrogen-bond acceptors (Lipinski definition) is 3. The molecule has 2 aromatic carbocycles. The number of methoxy groups -OCH3 is 1. The van der Waals surface area contributed by atoms with E-state index in [1.165, 1.54) is 7.11 Å². The van der Waals surface area contributed by atoms with Gasteiger partial charge in [0.05, 0.1) is 24.9 Å². The minimum Gasteiger partial charge on any atom is -0.495 e. The summed E-state index contributed by atoms with van der Waals surface area (Å²) >= 11 is 12.2. The van der Waals surface area contributed by atoms with Crippen LogP contribution in [0.25, 0.3) is 0 Å². The van der Waals surface area contributed by atoms with Crippen molar-refractivity contribution in [1.82, 2.24) is 4.90 Å². The van der Waals surface area contributed by atoms with Crippen LogP contribution in [0.3, 0.4) is 0 Å². The third-order valence-corrected chi connectivity index (χ3v) is 4.41. The second kappa shape index (κ2) is 8.30. The zero-order valence-electron chi connectivity index (χ0n) is 14.1. The van der Waals surface area contributed by atoms with Crippen molar-refractivity contribution >= 4 is 29.1 Å². The number of hydrogen-bond donors (Lipinski definition) is 0. The summed E-state index contributed by atoms with van der Waals surface area (Å²) in [5.74, 6) is 1.06. The number of carbonyl (C=O) groups excluding carboxylic acids is 1. The standard InChI is InChI=1S/C20H17Cl2NO3/c1-25-19-8-7-15(11-18(19)22)20(24)23(13-17-6-3-9-26-17)12-14-4-2-5-16(21)10-14/h2-11H,12-13H2,1H3. The summed E-state index contributed by atoms with van der Waals surface area (Å²) in [6.07, 6.45) is 1.58. The summed E-state index contributed by atoms with van der Waals surface area (Å²) in [5.41, 5.74) is 1.40. The fraction of sp³-hybridized carbons (Fsp3) is 0.150. The molecule has 0 aliphatic rings. The lowest BCUT2D eigenvalue weighted by atomic mass is 10.1. The van der Waals surface area contributed by atoms with Gasteiger partial charge < -0.3 is 14.1 Å². The lowest BCUT2D eigenvalue weighted by Gasteiger charge is -2.22. The largest absolute Gasteiger partial charge is 0.495 e. The maximum absolute atomic E-state index is 13.1. The number of rotatable bonds is 6. The van der Waals surface area contributed by atoms with Crippen LogP contribution in [-0.2, 0) is 13.1 Å². The normalized spacial score (nSPS) is 10.6. The van der Waals surface area contributed by atoms with Crippen molar-refractivity contribution in [1.29, 1.82) is 0 Å². The number of carbonyl (C=O) groups is 1. The molecule has 3 aromatic rings. The first kappa shape index (κ1) is 18.4. The molecule has 0 bridgehead atoms. The van der Waals surface area contributed by atoms with Gasteiger partial charge in [0, 0.05) is 17.1 Å².